The third-order valence-corrected chi connectivity index (χ3v) is 3.41. The molecule has 0 bridgehead atoms. The van der Waals surface area contributed by atoms with Crippen LogP contribution in [0.1, 0.15) is 5.82 Å². The lowest BCUT2D eigenvalue weighted by atomic mass is 10.3. The molecule has 2 heterocycles. The topological polar surface area (TPSA) is 89.1 Å². The maximum absolute atomic E-state index is 11.8. The average molecular weight is 292 g/mol. The predicted octanol–water partition coefficient (Wildman–Crippen LogP) is 1.57. The van der Waals surface area contributed by atoms with E-state index in [-0.39, 0.29) is 18.5 Å². The van der Waals surface area contributed by atoms with E-state index in [0.29, 0.717) is 22.3 Å². The summed E-state index contributed by atoms with van der Waals surface area (Å²) in [6.45, 7) is 2.02. The molecule has 7 nitrogen and oxygen atoms in total. The number of ether oxygens (including phenoxy) is 2. The second-order valence-corrected chi connectivity index (χ2v) is 5.05. The largest absolute Gasteiger partial charge is 0.454 e. The zero-order chi connectivity index (χ0) is 13.9. The SMILES string of the molecule is Cc1nc(SCC(=O)Nc2ccc3c(c2)OCO3)n[nH]1. The van der Waals surface area contributed by atoms with Crippen LogP contribution >= 0.6 is 11.8 Å². The summed E-state index contributed by atoms with van der Waals surface area (Å²) in [5, 5.41) is 10.0. The van der Waals surface area contributed by atoms with Crippen molar-refractivity contribution in [3.8, 4) is 11.5 Å². The summed E-state index contributed by atoms with van der Waals surface area (Å²) >= 11 is 1.27. The van der Waals surface area contributed by atoms with Gasteiger partial charge in [0.15, 0.2) is 11.5 Å². The quantitative estimate of drug-likeness (QED) is 0.832. The van der Waals surface area contributed by atoms with Gasteiger partial charge in [0.05, 0.1) is 5.75 Å². The average Bonchev–Trinajstić information content (AvgIpc) is 3.04. The number of hydrogen-bond donors (Lipinski definition) is 2. The molecule has 0 fully saturated rings. The van der Waals surface area contributed by atoms with E-state index >= 15 is 0 Å². The highest BCUT2D eigenvalue weighted by Crippen LogP contribution is 2.34. The van der Waals surface area contributed by atoms with E-state index in [1.165, 1.54) is 11.8 Å². The molecule has 0 saturated carbocycles. The number of fused-ring (bicyclic) bond motifs is 1. The molecule has 1 aliphatic rings. The summed E-state index contributed by atoms with van der Waals surface area (Å²) < 4.78 is 10.5. The van der Waals surface area contributed by atoms with Crippen molar-refractivity contribution in [2.24, 2.45) is 0 Å². The lowest BCUT2D eigenvalue weighted by molar-refractivity contribution is -0.113. The number of carbonyl (C=O) groups excluding carboxylic acids is 1. The number of rotatable bonds is 4. The second kappa shape index (κ2) is 5.41. The highest BCUT2D eigenvalue weighted by Gasteiger charge is 2.14. The Morgan fingerprint density at radius 2 is 2.30 bits per heavy atom. The monoisotopic (exact) mass is 292 g/mol. The smallest absolute Gasteiger partial charge is 0.234 e. The van der Waals surface area contributed by atoms with Gasteiger partial charge in [-0.05, 0) is 19.1 Å². The summed E-state index contributed by atoms with van der Waals surface area (Å²) in [5.74, 6) is 2.17. The number of carbonyl (C=O) groups is 1. The van der Waals surface area contributed by atoms with Gasteiger partial charge >= 0.3 is 0 Å². The van der Waals surface area contributed by atoms with E-state index < -0.39 is 0 Å². The zero-order valence-electron chi connectivity index (χ0n) is 10.7. The van der Waals surface area contributed by atoms with Crippen LogP contribution in [0.2, 0.25) is 0 Å². The van der Waals surface area contributed by atoms with E-state index in [1.807, 2.05) is 6.92 Å². The van der Waals surface area contributed by atoms with Crippen LogP contribution in [0.5, 0.6) is 11.5 Å². The highest BCUT2D eigenvalue weighted by atomic mass is 32.2. The Bertz CT molecular complexity index is 643. The van der Waals surface area contributed by atoms with Crippen LogP contribution in [0.25, 0.3) is 0 Å². The number of benzene rings is 1. The molecule has 0 atom stereocenters. The molecule has 1 aliphatic heterocycles. The number of nitrogens with zero attached hydrogens (tertiary/aromatic N) is 2. The Morgan fingerprint density at radius 1 is 1.45 bits per heavy atom. The molecule has 2 aromatic rings. The van der Waals surface area contributed by atoms with Crippen LogP contribution in [0.15, 0.2) is 23.4 Å². The summed E-state index contributed by atoms with van der Waals surface area (Å²) in [5.41, 5.74) is 0.672. The normalized spacial score (nSPS) is 12.4. The van der Waals surface area contributed by atoms with Gasteiger partial charge in [0.2, 0.25) is 17.9 Å². The first-order chi connectivity index (χ1) is 9.70. The highest BCUT2D eigenvalue weighted by molar-refractivity contribution is 7.99. The summed E-state index contributed by atoms with van der Waals surface area (Å²) in [6.07, 6.45) is 0. The van der Waals surface area contributed by atoms with Crippen LogP contribution in [-0.2, 0) is 4.79 Å². The number of amides is 1. The Kier molecular flexibility index (Phi) is 3.46. The van der Waals surface area contributed by atoms with E-state index in [1.54, 1.807) is 18.2 Å². The molecule has 2 N–H and O–H groups in total. The summed E-state index contributed by atoms with van der Waals surface area (Å²) in [7, 11) is 0. The minimum absolute atomic E-state index is 0.128. The third kappa shape index (κ3) is 2.85. The molecule has 0 saturated heterocycles. The number of aromatic amines is 1. The maximum atomic E-state index is 11.8. The van der Waals surface area contributed by atoms with Gasteiger partial charge in [-0.2, -0.15) is 0 Å². The predicted molar refractivity (Wildman–Crippen MR) is 73.0 cm³/mol. The number of aromatic nitrogens is 3. The number of hydrogen-bond acceptors (Lipinski definition) is 6. The molecule has 8 heteroatoms. The molecule has 3 rings (SSSR count). The Morgan fingerprint density at radius 3 is 3.10 bits per heavy atom. The lowest BCUT2D eigenvalue weighted by Gasteiger charge is -2.05. The Hall–Kier alpha value is -2.22. The number of thioether (sulfide) groups is 1. The Labute approximate surface area is 119 Å². The van der Waals surface area contributed by atoms with Gasteiger partial charge in [0, 0.05) is 11.8 Å². The van der Waals surface area contributed by atoms with Crippen LogP contribution in [0, 0.1) is 6.92 Å². The Balaban J connectivity index is 1.56. The number of H-pyrrole nitrogens is 1. The molecule has 0 unspecified atom stereocenters. The van der Waals surface area contributed by atoms with Crippen molar-refractivity contribution in [1.82, 2.24) is 15.2 Å². The first-order valence-electron chi connectivity index (χ1n) is 5.92. The van der Waals surface area contributed by atoms with Gasteiger partial charge < -0.3 is 14.8 Å². The summed E-state index contributed by atoms with van der Waals surface area (Å²) in [4.78, 5) is 15.9. The fourth-order valence-electron chi connectivity index (χ4n) is 1.69. The molecule has 0 spiro atoms. The van der Waals surface area contributed by atoms with Gasteiger partial charge in [-0.25, -0.2) is 4.98 Å². The number of anilines is 1. The van der Waals surface area contributed by atoms with Gasteiger partial charge in [0.25, 0.3) is 0 Å². The van der Waals surface area contributed by atoms with Crippen molar-refractivity contribution in [3.05, 3.63) is 24.0 Å². The van der Waals surface area contributed by atoms with E-state index in [9.17, 15) is 4.79 Å². The fourth-order valence-corrected chi connectivity index (χ4v) is 2.33. The van der Waals surface area contributed by atoms with Gasteiger partial charge in [-0.3, -0.25) is 9.89 Å². The van der Waals surface area contributed by atoms with Crippen molar-refractivity contribution in [1.29, 1.82) is 0 Å². The minimum Gasteiger partial charge on any atom is -0.454 e. The lowest BCUT2D eigenvalue weighted by Crippen LogP contribution is -2.14. The molecule has 1 aromatic carbocycles. The standard InChI is InChI=1S/C12H12N4O3S/c1-7-13-12(16-15-7)20-5-11(17)14-8-2-3-9-10(4-8)19-6-18-9/h2-4H,5-6H2,1H3,(H,14,17)(H,13,15,16). The van der Waals surface area contributed by atoms with Crippen molar-refractivity contribution in [2.45, 2.75) is 12.1 Å². The van der Waals surface area contributed by atoms with Gasteiger partial charge in [-0.1, -0.05) is 11.8 Å². The van der Waals surface area contributed by atoms with Crippen molar-refractivity contribution in [2.75, 3.05) is 17.9 Å². The van der Waals surface area contributed by atoms with Crippen molar-refractivity contribution in [3.63, 3.8) is 0 Å². The van der Waals surface area contributed by atoms with E-state index in [0.717, 1.165) is 5.82 Å². The molecule has 0 aliphatic carbocycles. The number of aryl methyl sites for hydroxylation is 1. The maximum Gasteiger partial charge on any atom is 0.234 e. The molecule has 0 radical (unpaired) electrons. The van der Waals surface area contributed by atoms with Crippen LogP contribution < -0.4 is 14.8 Å². The first-order valence-corrected chi connectivity index (χ1v) is 6.90. The van der Waals surface area contributed by atoms with Gasteiger partial charge in [-0.15, -0.1) is 5.10 Å². The minimum atomic E-state index is -0.128. The molecule has 1 aromatic heterocycles. The molecular weight excluding hydrogens is 280 g/mol. The first kappa shape index (κ1) is 12.8. The molecule has 1 amide bonds. The van der Waals surface area contributed by atoms with Crippen LogP contribution in [0.4, 0.5) is 5.69 Å². The zero-order valence-corrected chi connectivity index (χ0v) is 11.5. The summed E-state index contributed by atoms with van der Waals surface area (Å²) in [6, 6.07) is 5.28. The van der Waals surface area contributed by atoms with Gasteiger partial charge in [0.1, 0.15) is 5.82 Å². The van der Waals surface area contributed by atoms with Crippen LogP contribution in [0.3, 0.4) is 0 Å². The second-order valence-electron chi connectivity index (χ2n) is 4.11. The van der Waals surface area contributed by atoms with E-state index in [4.69, 9.17) is 9.47 Å². The fraction of sp³-hybridized carbons (Fsp3) is 0.250. The van der Waals surface area contributed by atoms with Crippen LogP contribution in [-0.4, -0.2) is 33.6 Å². The van der Waals surface area contributed by atoms with Crippen molar-refractivity contribution >= 4 is 23.4 Å². The van der Waals surface area contributed by atoms with E-state index in [2.05, 4.69) is 20.5 Å². The number of nitrogens with one attached hydrogen (secondary N) is 2. The third-order valence-electron chi connectivity index (χ3n) is 2.57. The molecular formula is C12H12N4O3S. The van der Waals surface area contributed by atoms with Crippen molar-refractivity contribution < 1.29 is 14.3 Å². The molecule has 104 valence electrons. The molecule has 20 heavy (non-hydrogen) atoms.